The predicted molar refractivity (Wildman–Crippen MR) is 77.5 cm³/mol. The van der Waals surface area contributed by atoms with Gasteiger partial charge in [0, 0.05) is 6.07 Å². The molecule has 0 saturated carbocycles. The summed E-state index contributed by atoms with van der Waals surface area (Å²) in [5.74, 6) is -2.07. The van der Waals surface area contributed by atoms with Crippen molar-refractivity contribution in [3.63, 3.8) is 0 Å². The number of aromatic hydroxyl groups is 1. The Hall–Kier alpha value is -1.49. The monoisotopic (exact) mass is 333 g/mol. The summed E-state index contributed by atoms with van der Waals surface area (Å²) >= 11 is 17.4. The molecule has 2 aromatic rings. The molecule has 104 valence electrons. The van der Waals surface area contributed by atoms with Crippen molar-refractivity contribution in [1.29, 1.82) is 0 Å². The summed E-state index contributed by atoms with van der Waals surface area (Å²) in [5, 5.41) is 12.2. The van der Waals surface area contributed by atoms with Crippen LogP contribution in [0.15, 0.2) is 30.3 Å². The zero-order chi connectivity index (χ0) is 14.9. The molecule has 3 nitrogen and oxygen atoms in total. The maximum absolute atomic E-state index is 13.1. The van der Waals surface area contributed by atoms with Crippen LogP contribution in [-0.2, 0) is 0 Å². The van der Waals surface area contributed by atoms with Crippen molar-refractivity contribution in [2.75, 3.05) is 5.32 Å². The van der Waals surface area contributed by atoms with E-state index < -0.39 is 17.5 Å². The minimum atomic E-state index is -0.823. The average Bonchev–Trinajstić information content (AvgIpc) is 2.38. The topological polar surface area (TPSA) is 49.3 Å². The van der Waals surface area contributed by atoms with Gasteiger partial charge in [0.2, 0.25) is 0 Å². The van der Waals surface area contributed by atoms with Gasteiger partial charge in [-0.1, -0.05) is 40.9 Å². The molecule has 1 amide bonds. The van der Waals surface area contributed by atoms with Gasteiger partial charge in [-0.3, -0.25) is 4.79 Å². The summed E-state index contributed by atoms with van der Waals surface area (Å²) in [6, 6.07) is 6.48. The third-order valence-corrected chi connectivity index (χ3v) is 3.40. The number of halogens is 4. The van der Waals surface area contributed by atoms with Crippen molar-refractivity contribution >= 4 is 46.4 Å². The van der Waals surface area contributed by atoms with E-state index in [1.807, 2.05) is 0 Å². The predicted octanol–water partition coefficient (Wildman–Crippen LogP) is 4.74. The van der Waals surface area contributed by atoms with Crippen LogP contribution in [0.2, 0.25) is 15.1 Å². The fourth-order valence-corrected chi connectivity index (χ4v) is 2.17. The molecule has 0 heterocycles. The zero-order valence-electron chi connectivity index (χ0n) is 9.75. The van der Waals surface area contributed by atoms with Gasteiger partial charge >= 0.3 is 0 Å². The van der Waals surface area contributed by atoms with Gasteiger partial charge in [0.05, 0.1) is 26.3 Å². The Morgan fingerprint density at radius 2 is 1.70 bits per heavy atom. The molecule has 7 heteroatoms. The van der Waals surface area contributed by atoms with Crippen LogP contribution >= 0.6 is 34.8 Å². The third-order valence-electron chi connectivity index (χ3n) is 2.48. The fraction of sp³-hybridized carbons (Fsp3) is 0. The summed E-state index contributed by atoms with van der Waals surface area (Å²) < 4.78 is 13.1. The second-order valence-electron chi connectivity index (χ2n) is 3.83. The summed E-state index contributed by atoms with van der Waals surface area (Å²) in [5.41, 5.74) is 0.00747. The smallest absolute Gasteiger partial charge is 0.259 e. The van der Waals surface area contributed by atoms with Gasteiger partial charge < -0.3 is 10.4 Å². The molecule has 0 aromatic heterocycles. The number of hydrogen-bond acceptors (Lipinski definition) is 2. The van der Waals surface area contributed by atoms with Crippen LogP contribution < -0.4 is 5.32 Å². The number of phenols is 1. The summed E-state index contributed by atoms with van der Waals surface area (Å²) in [6.45, 7) is 0. The van der Waals surface area contributed by atoms with E-state index in [4.69, 9.17) is 34.8 Å². The highest BCUT2D eigenvalue weighted by Crippen LogP contribution is 2.31. The van der Waals surface area contributed by atoms with E-state index in [-0.39, 0.29) is 26.3 Å². The first-order chi connectivity index (χ1) is 9.40. The van der Waals surface area contributed by atoms with Crippen molar-refractivity contribution in [3.8, 4) is 5.75 Å². The molecule has 0 fully saturated rings. The van der Waals surface area contributed by atoms with Crippen LogP contribution in [0.1, 0.15) is 10.4 Å². The SMILES string of the molecule is O=C(Nc1c(Cl)cccc1Cl)c1cc(Cl)c(F)cc1O. The minimum absolute atomic E-state index is 0.188. The third kappa shape index (κ3) is 2.98. The van der Waals surface area contributed by atoms with Gasteiger partial charge in [0.25, 0.3) is 5.91 Å². The van der Waals surface area contributed by atoms with Gasteiger partial charge in [-0.15, -0.1) is 0 Å². The number of carbonyl (C=O) groups excluding carboxylic acids is 1. The van der Waals surface area contributed by atoms with Crippen molar-refractivity contribution in [2.45, 2.75) is 0 Å². The van der Waals surface area contributed by atoms with Gasteiger partial charge in [-0.2, -0.15) is 0 Å². The molecule has 0 radical (unpaired) electrons. The molecule has 0 unspecified atom stereocenters. The molecule has 0 atom stereocenters. The number of para-hydroxylation sites is 1. The van der Waals surface area contributed by atoms with Crippen LogP contribution in [0.5, 0.6) is 5.75 Å². The van der Waals surface area contributed by atoms with Crippen LogP contribution in [0, 0.1) is 5.82 Å². The summed E-state index contributed by atoms with van der Waals surface area (Å²) in [4.78, 5) is 12.0. The normalized spacial score (nSPS) is 10.4. The molecule has 0 spiro atoms. The van der Waals surface area contributed by atoms with Crippen molar-refractivity contribution < 1.29 is 14.3 Å². The molecule has 2 N–H and O–H groups in total. The minimum Gasteiger partial charge on any atom is -0.507 e. The lowest BCUT2D eigenvalue weighted by Crippen LogP contribution is -2.13. The second-order valence-corrected chi connectivity index (χ2v) is 5.06. The number of amides is 1. The first-order valence-electron chi connectivity index (χ1n) is 5.33. The summed E-state index contributed by atoms with van der Waals surface area (Å²) in [7, 11) is 0. The van der Waals surface area contributed by atoms with E-state index in [1.54, 1.807) is 18.2 Å². The lowest BCUT2D eigenvalue weighted by molar-refractivity contribution is 0.102. The fourth-order valence-electron chi connectivity index (χ4n) is 1.52. The Bertz CT molecular complexity index is 671. The number of phenolic OH excluding ortho intramolecular Hbond substituents is 1. The van der Waals surface area contributed by atoms with E-state index in [0.717, 1.165) is 12.1 Å². The maximum Gasteiger partial charge on any atom is 0.259 e. The van der Waals surface area contributed by atoms with Crippen LogP contribution in [0.4, 0.5) is 10.1 Å². The van der Waals surface area contributed by atoms with Crippen LogP contribution in [0.3, 0.4) is 0 Å². The molecule has 2 rings (SSSR count). The number of benzene rings is 2. The standard InChI is InChI=1S/C13H7Cl3FNO2/c14-7-2-1-3-8(15)12(7)18-13(20)6-4-9(16)10(17)5-11(6)19/h1-5,19H,(H,18,20). The van der Waals surface area contributed by atoms with E-state index in [1.165, 1.54) is 0 Å². The van der Waals surface area contributed by atoms with Gasteiger partial charge in [0.1, 0.15) is 11.6 Å². The Balaban J connectivity index is 2.36. The van der Waals surface area contributed by atoms with E-state index >= 15 is 0 Å². The van der Waals surface area contributed by atoms with Crippen LogP contribution in [-0.4, -0.2) is 11.0 Å². The molecule has 0 saturated heterocycles. The Labute approximate surface area is 128 Å². The first kappa shape index (κ1) is 14.9. The Morgan fingerprint density at radius 1 is 1.10 bits per heavy atom. The molecular weight excluding hydrogens is 328 g/mol. The van der Waals surface area contributed by atoms with Gasteiger partial charge in [-0.25, -0.2) is 4.39 Å². The van der Waals surface area contributed by atoms with Crippen molar-refractivity contribution in [1.82, 2.24) is 0 Å². The lowest BCUT2D eigenvalue weighted by atomic mass is 10.1. The van der Waals surface area contributed by atoms with Gasteiger partial charge in [0.15, 0.2) is 0 Å². The number of carbonyl (C=O) groups is 1. The van der Waals surface area contributed by atoms with Crippen molar-refractivity contribution in [2.24, 2.45) is 0 Å². The summed E-state index contributed by atoms with van der Waals surface area (Å²) in [6.07, 6.45) is 0. The molecule has 0 aliphatic rings. The van der Waals surface area contributed by atoms with E-state index in [2.05, 4.69) is 5.32 Å². The average molecular weight is 335 g/mol. The molecule has 20 heavy (non-hydrogen) atoms. The number of anilines is 1. The highest BCUT2D eigenvalue weighted by molar-refractivity contribution is 6.40. The van der Waals surface area contributed by atoms with E-state index in [9.17, 15) is 14.3 Å². The molecule has 0 aliphatic carbocycles. The van der Waals surface area contributed by atoms with Crippen LogP contribution in [0.25, 0.3) is 0 Å². The number of hydrogen-bond donors (Lipinski definition) is 2. The van der Waals surface area contributed by atoms with Crippen molar-refractivity contribution in [3.05, 3.63) is 56.8 Å². The Morgan fingerprint density at radius 3 is 2.30 bits per heavy atom. The molecule has 0 aliphatic heterocycles. The zero-order valence-corrected chi connectivity index (χ0v) is 12.0. The first-order valence-corrected chi connectivity index (χ1v) is 6.47. The largest absolute Gasteiger partial charge is 0.507 e. The number of nitrogens with one attached hydrogen (secondary N) is 1. The van der Waals surface area contributed by atoms with Gasteiger partial charge in [-0.05, 0) is 18.2 Å². The highest BCUT2D eigenvalue weighted by atomic mass is 35.5. The molecule has 0 bridgehead atoms. The number of rotatable bonds is 2. The molecule has 2 aromatic carbocycles. The maximum atomic E-state index is 13.1. The van der Waals surface area contributed by atoms with E-state index in [0.29, 0.717) is 0 Å². The molecular formula is C13H7Cl3FNO2. The lowest BCUT2D eigenvalue weighted by Gasteiger charge is -2.10. The second kappa shape index (κ2) is 5.87. The Kier molecular flexibility index (Phi) is 4.38. The quantitative estimate of drug-likeness (QED) is 0.833. The highest BCUT2D eigenvalue weighted by Gasteiger charge is 2.17.